The normalized spacial score (nSPS) is 12.0. The van der Waals surface area contributed by atoms with Gasteiger partial charge in [0.1, 0.15) is 5.75 Å². The third kappa shape index (κ3) is 2.41. The average Bonchev–Trinajstić information content (AvgIpc) is 2.40. The number of alkyl halides is 3. The van der Waals surface area contributed by atoms with Gasteiger partial charge in [0.15, 0.2) is 0 Å². The molecule has 0 unspecified atom stereocenters. The van der Waals surface area contributed by atoms with Crippen LogP contribution in [0.2, 0.25) is 0 Å². The summed E-state index contributed by atoms with van der Waals surface area (Å²) >= 11 is 1.43. The van der Waals surface area contributed by atoms with Crippen LogP contribution in [0.4, 0.5) is 13.2 Å². The second kappa shape index (κ2) is 3.41. The number of thiophene rings is 1. The maximum Gasteiger partial charge on any atom is 0.573 e. The van der Waals surface area contributed by atoms with Gasteiger partial charge in [-0.3, -0.25) is 0 Å². The molecule has 0 atom stereocenters. The molecule has 2 aromatic rings. The van der Waals surface area contributed by atoms with Gasteiger partial charge in [0.25, 0.3) is 0 Å². The van der Waals surface area contributed by atoms with E-state index in [0.717, 1.165) is 9.58 Å². The summed E-state index contributed by atoms with van der Waals surface area (Å²) < 4.78 is 40.4. The maximum absolute atomic E-state index is 11.9. The summed E-state index contributed by atoms with van der Waals surface area (Å²) in [7, 11) is 0. The Bertz CT molecular complexity index is 487. The third-order valence-corrected chi connectivity index (χ3v) is 2.74. The van der Waals surface area contributed by atoms with E-state index in [-0.39, 0.29) is 5.75 Å². The number of fused-ring (bicyclic) bond motifs is 1. The van der Waals surface area contributed by atoms with Crippen LogP contribution in [0.5, 0.6) is 5.75 Å². The van der Waals surface area contributed by atoms with Crippen LogP contribution >= 0.6 is 11.3 Å². The highest BCUT2D eigenvalue weighted by Crippen LogP contribution is 2.30. The molecule has 0 bridgehead atoms. The van der Waals surface area contributed by atoms with Crippen LogP contribution in [-0.2, 0) is 0 Å². The summed E-state index contributed by atoms with van der Waals surface area (Å²) in [4.78, 5) is 0.814. The molecule has 79 valence electrons. The molecule has 0 aliphatic rings. The molecule has 0 aliphatic carbocycles. The minimum atomic E-state index is -4.64. The molecule has 2 rings (SSSR count). The first-order chi connectivity index (χ1) is 6.94. The first-order valence-corrected chi connectivity index (χ1v) is 4.87. The number of hydrogen-bond donors (Lipinski definition) is 0. The molecule has 5 heteroatoms. The molecule has 0 fully saturated rings. The maximum atomic E-state index is 11.9. The Hall–Kier alpha value is -1.23. The number of benzene rings is 1. The molecular formula is C10H6F3OS. The fraction of sp³-hybridized carbons (Fsp3) is 0.100. The van der Waals surface area contributed by atoms with Crippen molar-refractivity contribution < 1.29 is 17.9 Å². The van der Waals surface area contributed by atoms with E-state index in [4.69, 9.17) is 0 Å². The monoisotopic (exact) mass is 231 g/mol. The topological polar surface area (TPSA) is 9.23 Å². The van der Waals surface area contributed by atoms with E-state index in [9.17, 15) is 13.2 Å². The van der Waals surface area contributed by atoms with Crippen LogP contribution in [0.3, 0.4) is 0 Å². The lowest BCUT2D eigenvalue weighted by Crippen LogP contribution is -2.16. The van der Waals surface area contributed by atoms with E-state index < -0.39 is 6.36 Å². The lowest BCUT2D eigenvalue weighted by atomic mass is 10.2. The molecule has 1 nitrogen and oxygen atoms in total. The minimum absolute atomic E-state index is 0.201. The number of hydrogen-bond acceptors (Lipinski definition) is 2. The largest absolute Gasteiger partial charge is 0.573 e. The SMILES string of the molecule is [CH2]c1cc2cc(OC(F)(F)F)ccc2s1. The summed E-state index contributed by atoms with van der Waals surface area (Å²) in [5, 5.41) is 0.715. The molecular weight excluding hydrogens is 225 g/mol. The van der Waals surface area contributed by atoms with Crippen molar-refractivity contribution in [2.45, 2.75) is 6.36 Å². The summed E-state index contributed by atoms with van der Waals surface area (Å²) in [5.74, 6) is -0.201. The molecule has 1 radical (unpaired) electrons. The van der Waals surface area contributed by atoms with Crippen molar-refractivity contribution in [3.8, 4) is 5.75 Å². The van der Waals surface area contributed by atoms with Crippen molar-refractivity contribution in [3.63, 3.8) is 0 Å². The smallest absolute Gasteiger partial charge is 0.406 e. The van der Waals surface area contributed by atoms with Gasteiger partial charge in [-0.25, -0.2) is 0 Å². The first-order valence-electron chi connectivity index (χ1n) is 4.05. The van der Waals surface area contributed by atoms with Gasteiger partial charge in [0, 0.05) is 9.58 Å². The number of ether oxygens (including phenoxy) is 1. The number of rotatable bonds is 1. The molecule has 0 N–H and O–H groups in total. The van der Waals surface area contributed by atoms with E-state index in [0.29, 0.717) is 5.39 Å². The predicted molar refractivity (Wildman–Crippen MR) is 53.0 cm³/mol. The van der Waals surface area contributed by atoms with Crippen molar-refractivity contribution in [2.75, 3.05) is 0 Å². The van der Waals surface area contributed by atoms with Crippen molar-refractivity contribution in [2.24, 2.45) is 0 Å². The van der Waals surface area contributed by atoms with E-state index in [1.165, 1.54) is 23.5 Å². The Morgan fingerprint density at radius 2 is 1.93 bits per heavy atom. The average molecular weight is 231 g/mol. The van der Waals surface area contributed by atoms with Crippen LogP contribution in [0.25, 0.3) is 10.1 Å². The standard InChI is InChI=1S/C10H6F3OS/c1-6-4-7-5-8(14-10(11,12)13)2-3-9(7)15-6/h2-5H,1H2. The quantitative estimate of drug-likeness (QED) is 0.721. The Kier molecular flexibility index (Phi) is 2.34. The first kappa shape index (κ1) is 10.3. The van der Waals surface area contributed by atoms with Gasteiger partial charge in [-0.1, -0.05) is 0 Å². The molecule has 1 aromatic carbocycles. The fourth-order valence-corrected chi connectivity index (χ4v) is 2.11. The van der Waals surface area contributed by atoms with Gasteiger partial charge in [0.2, 0.25) is 0 Å². The number of halogens is 3. The van der Waals surface area contributed by atoms with Gasteiger partial charge in [-0.2, -0.15) is 0 Å². The van der Waals surface area contributed by atoms with Crippen LogP contribution < -0.4 is 4.74 Å². The molecule has 1 aromatic heterocycles. The lowest BCUT2D eigenvalue weighted by Gasteiger charge is -2.08. The summed E-state index contributed by atoms with van der Waals surface area (Å²) in [6.45, 7) is 3.72. The molecule has 0 amide bonds. The molecule has 15 heavy (non-hydrogen) atoms. The van der Waals surface area contributed by atoms with Crippen LogP contribution in [0, 0.1) is 6.92 Å². The van der Waals surface area contributed by atoms with Gasteiger partial charge < -0.3 is 4.74 Å². The minimum Gasteiger partial charge on any atom is -0.406 e. The van der Waals surface area contributed by atoms with Gasteiger partial charge in [0.05, 0.1) is 0 Å². The van der Waals surface area contributed by atoms with Crippen molar-refractivity contribution in [1.29, 1.82) is 0 Å². The summed E-state index contributed by atoms with van der Waals surface area (Å²) in [6, 6.07) is 5.97. The van der Waals surface area contributed by atoms with Crippen LogP contribution in [0.15, 0.2) is 24.3 Å². The predicted octanol–water partition coefficient (Wildman–Crippen LogP) is 3.98. The van der Waals surface area contributed by atoms with Gasteiger partial charge in [-0.15, -0.1) is 24.5 Å². The van der Waals surface area contributed by atoms with Crippen LogP contribution in [-0.4, -0.2) is 6.36 Å². The lowest BCUT2D eigenvalue weighted by molar-refractivity contribution is -0.274. The van der Waals surface area contributed by atoms with Crippen molar-refractivity contribution in [3.05, 3.63) is 36.1 Å². The second-order valence-corrected chi connectivity index (χ2v) is 4.13. The molecule has 1 heterocycles. The fourth-order valence-electron chi connectivity index (χ4n) is 1.27. The zero-order valence-corrected chi connectivity index (χ0v) is 8.28. The van der Waals surface area contributed by atoms with E-state index >= 15 is 0 Å². The molecule has 0 aliphatic heterocycles. The molecule has 0 saturated carbocycles. The molecule has 0 saturated heterocycles. The van der Waals surface area contributed by atoms with E-state index in [2.05, 4.69) is 11.7 Å². The van der Waals surface area contributed by atoms with Crippen molar-refractivity contribution >= 4 is 21.4 Å². The third-order valence-electron chi connectivity index (χ3n) is 1.77. The highest BCUT2D eigenvalue weighted by Gasteiger charge is 2.31. The Morgan fingerprint density at radius 3 is 2.60 bits per heavy atom. The van der Waals surface area contributed by atoms with E-state index in [1.807, 2.05) is 0 Å². The van der Waals surface area contributed by atoms with Gasteiger partial charge >= 0.3 is 6.36 Å². The zero-order valence-electron chi connectivity index (χ0n) is 7.47. The summed E-state index contributed by atoms with van der Waals surface area (Å²) in [6.07, 6.45) is -4.64. The van der Waals surface area contributed by atoms with Crippen LogP contribution in [0.1, 0.15) is 4.88 Å². The summed E-state index contributed by atoms with van der Waals surface area (Å²) in [5.41, 5.74) is 0. The zero-order chi connectivity index (χ0) is 11.1. The Morgan fingerprint density at radius 1 is 1.20 bits per heavy atom. The Labute approximate surface area is 88.1 Å². The highest BCUT2D eigenvalue weighted by molar-refractivity contribution is 7.19. The van der Waals surface area contributed by atoms with E-state index in [1.54, 1.807) is 12.1 Å². The Balaban J connectivity index is 2.38. The van der Waals surface area contributed by atoms with Crippen molar-refractivity contribution in [1.82, 2.24) is 0 Å². The highest BCUT2D eigenvalue weighted by atomic mass is 32.1. The molecule has 0 spiro atoms. The second-order valence-electron chi connectivity index (χ2n) is 2.96. The van der Waals surface area contributed by atoms with Gasteiger partial charge in [-0.05, 0) is 36.6 Å².